The largest absolute Gasteiger partial charge is 0.405 e. The minimum absolute atomic E-state index is 0.262. The molecule has 5 heteroatoms. The minimum Gasteiger partial charge on any atom is -0.405 e. The van der Waals surface area contributed by atoms with Crippen LogP contribution in [0.5, 0.6) is 0 Å². The van der Waals surface area contributed by atoms with E-state index in [9.17, 15) is 14.7 Å². The zero-order chi connectivity index (χ0) is 13.9. The fourth-order valence-electron chi connectivity index (χ4n) is 2.73. The molecule has 2 aliphatic rings. The molecule has 0 bridgehead atoms. The highest BCUT2D eigenvalue weighted by Crippen LogP contribution is 2.46. The Hall–Kier alpha value is -2.66. The summed E-state index contributed by atoms with van der Waals surface area (Å²) >= 11 is 0. The lowest BCUT2D eigenvalue weighted by atomic mass is 10.1. The predicted molar refractivity (Wildman–Crippen MR) is 69.0 cm³/mol. The maximum atomic E-state index is 12.5. The van der Waals surface area contributed by atoms with E-state index in [-0.39, 0.29) is 17.0 Å². The van der Waals surface area contributed by atoms with E-state index in [1.54, 1.807) is 48.5 Å². The number of carbonyl (C=O) groups excluding carboxylic acids is 2. The van der Waals surface area contributed by atoms with E-state index in [1.165, 1.54) is 0 Å². The molecule has 2 aromatic carbocycles. The number of benzene rings is 2. The second-order valence-corrected chi connectivity index (χ2v) is 4.70. The van der Waals surface area contributed by atoms with E-state index in [1.807, 2.05) is 0 Å². The van der Waals surface area contributed by atoms with Crippen molar-refractivity contribution in [2.24, 2.45) is 0 Å². The molecule has 98 valence electrons. The molecule has 2 aliphatic heterocycles. The van der Waals surface area contributed by atoms with Crippen LogP contribution in [0, 0.1) is 0 Å². The first kappa shape index (κ1) is 11.2. The molecule has 5 nitrogen and oxygen atoms in total. The number of carbonyl (C=O) groups is 2. The van der Waals surface area contributed by atoms with Gasteiger partial charge < -0.3 is 9.84 Å². The molecule has 0 saturated carbocycles. The zero-order valence-electron chi connectivity index (χ0n) is 10.2. The van der Waals surface area contributed by atoms with Crippen LogP contribution in [0.3, 0.4) is 0 Å². The van der Waals surface area contributed by atoms with Crippen LogP contribution in [0.2, 0.25) is 0 Å². The smallest absolute Gasteiger partial charge is 0.344 e. The molecule has 1 amide bonds. The van der Waals surface area contributed by atoms with Gasteiger partial charge in [0.2, 0.25) is 0 Å². The van der Waals surface area contributed by atoms with Gasteiger partial charge in [0.05, 0.1) is 22.4 Å². The van der Waals surface area contributed by atoms with Gasteiger partial charge in [-0.05, 0) is 24.3 Å². The van der Waals surface area contributed by atoms with Crippen molar-refractivity contribution < 1.29 is 19.4 Å². The Labute approximate surface area is 114 Å². The van der Waals surface area contributed by atoms with Crippen molar-refractivity contribution in [3.8, 4) is 0 Å². The highest BCUT2D eigenvalue weighted by Gasteiger charge is 2.56. The first-order chi connectivity index (χ1) is 9.63. The number of para-hydroxylation sites is 1. The number of ether oxygens (including phenoxy) is 1. The van der Waals surface area contributed by atoms with Crippen LogP contribution in [0.1, 0.15) is 26.3 Å². The number of rotatable bonds is 0. The standard InChI is InChI=1S/C15H9NO4/c17-13-9-5-1-3-7-11(9)15(19)16(13)12-8-4-2-6-10(12)14(18)20-15/h1-8,19H. The number of amides is 1. The lowest BCUT2D eigenvalue weighted by Gasteiger charge is -2.37. The first-order valence-electron chi connectivity index (χ1n) is 6.12. The number of hydrogen-bond donors (Lipinski definition) is 1. The molecule has 0 saturated heterocycles. The van der Waals surface area contributed by atoms with Crippen molar-refractivity contribution in [2.75, 3.05) is 4.90 Å². The Morgan fingerprint density at radius 3 is 2.40 bits per heavy atom. The Balaban J connectivity index is 2.04. The topological polar surface area (TPSA) is 66.8 Å². The van der Waals surface area contributed by atoms with E-state index in [4.69, 9.17) is 4.74 Å². The molecule has 20 heavy (non-hydrogen) atoms. The number of aliphatic hydroxyl groups is 1. The Morgan fingerprint density at radius 1 is 0.950 bits per heavy atom. The second-order valence-electron chi connectivity index (χ2n) is 4.70. The highest BCUT2D eigenvalue weighted by molar-refractivity contribution is 6.15. The monoisotopic (exact) mass is 267 g/mol. The molecule has 2 aromatic rings. The van der Waals surface area contributed by atoms with Crippen molar-refractivity contribution in [2.45, 2.75) is 5.91 Å². The number of anilines is 1. The van der Waals surface area contributed by atoms with Crippen molar-refractivity contribution in [3.63, 3.8) is 0 Å². The van der Waals surface area contributed by atoms with Gasteiger partial charge in [-0.3, -0.25) is 4.79 Å². The summed E-state index contributed by atoms with van der Waals surface area (Å²) in [6, 6.07) is 13.1. The normalized spacial score (nSPS) is 22.9. The summed E-state index contributed by atoms with van der Waals surface area (Å²) in [7, 11) is 0. The van der Waals surface area contributed by atoms with E-state index in [0.29, 0.717) is 11.3 Å². The molecule has 4 rings (SSSR count). The summed E-state index contributed by atoms with van der Waals surface area (Å²) in [6.45, 7) is 0. The molecule has 2 heterocycles. The van der Waals surface area contributed by atoms with Crippen LogP contribution < -0.4 is 4.90 Å². The maximum absolute atomic E-state index is 12.5. The average Bonchev–Trinajstić information content (AvgIpc) is 2.68. The highest BCUT2D eigenvalue weighted by atomic mass is 16.7. The van der Waals surface area contributed by atoms with Gasteiger partial charge in [0.1, 0.15) is 0 Å². The molecule has 0 aliphatic carbocycles. The van der Waals surface area contributed by atoms with E-state index >= 15 is 0 Å². The lowest BCUT2D eigenvalue weighted by molar-refractivity contribution is -0.167. The summed E-state index contributed by atoms with van der Waals surface area (Å²) < 4.78 is 5.14. The third-order valence-corrected chi connectivity index (χ3v) is 3.61. The summed E-state index contributed by atoms with van der Waals surface area (Å²) in [6.07, 6.45) is 0. The van der Waals surface area contributed by atoms with Crippen molar-refractivity contribution >= 4 is 17.6 Å². The minimum atomic E-state index is -2.06. The fourth-order valence-corrected chi connectivity index (χ4v) is 2.73. The van der Waals surface area contributed by atoms with Crippen molar-refractivity contribution in [1.29, 1.82) is 0 Å². The van der Waals surface area contributed by atoms with Crippen LogP contribution in [0.15, 0.2) is 48.5 Å². The van der Waals surface area contributed by atoms with Gasteiger partial charge in [0, 0.05) is 0 Å². The van der Waals surface area contributed by atoms with Gasteiger partial charge in [-0.25, -0.2) is 9.69 Å². The lowest BCUT2D eigenvalue weighted by Crippen LogP contribution is -2.51. The fraction of sp³-hybridized carbons (Fsp3) is 0.0667. The Bertz CT molecular complexity index is 770. The summed E-state index contributed by atoms with van der Waals surface area (Å²) in [5, 5.41) is 10.7. The molecular formula is C15H9NO4. The third kappa shape index (κ3) is 1.15. The van der Waals surface area contributed by atoms with Gasteiger partial charge in [-0.2, -0.15) is 0 Å². The van der Waals surface area contributed by atoms with Crippen LogP contribution >= 0.6 is 0 Å². The SMILES string of the molecule is O=C1OC2(O)c3ccccc3C(=O)N2c2ccccc21. The first-order valence-corrected chi connectivity index (χ1v) is 6.12. The van der Waals surface area contributed by atoms with Crippen LogP contribution in [-0.2, 0) is 10.6 Å². The summed E-state index contributed by atoms with van der Waals surface area (Å²) in [5.41, 5.74) is 1.23. The van der Waals surface area contributed by atoms with Crippen molar-refractivity contribution in [1.82, 2.24) is 0 Å². The number of fused-ring (bicyclic) bond motifs is 5. The Morgan fingerprint density at radius 2 is 1.60 bits per heavy atom. The van der Waals surface area contributed by atoms with Gasteiger partial charge in [0.15, 0.2) is 0 Å². The number of hydrogen-bond acceptors (Lipinski definition) is 4. The molecule has 0 fully saturated rings. The zero-order valence-corrected chi connectivity index (χ0v) is 10.2. The molecule has 1 atom stereocenters. The predicted octanol–water partition coefficient (Wildman–Crippen LogP) is 1.62. The maximum Gasteiger partial charge on any atom is 0.344 e. The summed E-state index contributed by atoms with van der Waals surface area (Å²) in [5.74, 6) is -3.09. The third-order valence-electron chi connectivity index (χ3n) is 3.61. The second kappa shape index (κ2) is 3.46. The van der Waals surface area contributed by atoms with Gasteiger partial charge >= 0.3 is 11.9 Å². The van der Waals surface area contributed by atoms with Gasteiger partial charge in [0.25, 0.3) is 5.91 Å². The van der Waals surface area contributed by atoms with E-state index in [0.717, 1.165) is 4.90 Å². The van der Waals surface area contributed by atoms with E-state index in [2.05, 4.69) is 0 Å². The van der Waals surface area contributed by atoms with Gasteiger partial charge in [-0.1, -0.05) is 24.3 Å². The van der Waals surface area contributed by atoms with Gasteiger partial charge in [-0.15, -0.1) is 0 Å². The molecule has 1 N–H and O–H groups in total. The number of esters is 1. The molecule has 0 aromatic heterocycles. The van der Waals surface area contributed by atoms with Crippen LogP contribution in [-0.4, -0.2) is 17.0 Å². The molecule has 0 radical (unpaired) electrons. The van der Waals surface area contributed by atoms with Crippen LogP contribution in [0.25, 0.3) is 0 Å². The Kier molecular flexibility index (Phi) is 1.94. The molecular weight excluding hydrogens is 258 g/mol. The van der Waals surface area contributed by atoms with Crippen molar-refractivity contribution in [3.05, 3.63) is 65.2 Å². The molecule has 0 spiro atoms. The van der Waals surface area contributed by atoms with Crippen LogP contribution in [0.4, 0.5) is 5.69 Å². The average molecular weight is 267 g/mol. The van der Waals surface area contributed by atoms with E-state index < -0.39 is 11.9 Å². The summed E-state index contributed by atoms with van der Waals surface area (Å²) in [4.78, 5) is 25.6. The quantitative estimate of drug-likeness (QED) is 0.736. The molecule has 1 unspecified atom stereocenters. The number of nitrogens with zero attached hydrogens (tertiary/aromatic N) is 1.